The van der Waals surface area contributed by atoms with Crippen molar-refractivity contribution in [2.75, 3.05) is 45.4 Å². The average molecular weight is 596 g/mol. The van der Waals surface area contributed by atoms with Gasteiger partial charge in [-0.15, -0.1) is 0 Å². The smallest absolute Gasteiger partial charge is 0.409 e. The average Bonchev–Trinajstić information content (AvgIpc) is 3.36. The molecule has 6 rings (SSSR count). The molecule has 43 heavy (non-hydrogen) atoms. The van der Waals surface area contributed by atoms with Crippen molar-refractivity contribution in [3.8, 4) is 11.3 Å². The fourth-order valence-electron chi connectivity index (χ4n) is 6.19. The molecule has 1 amide bonds. The van der Waals surface area contributed by atoms with Gasteiger partial charge in [-0.3, -0.25) is 4.98 Å². The van der Waals surface area contributed by atoms with E-state index in [2.05, 4.69) is 20.0 Å². The molecule has 0 radical (unpaired) electrons. The van der Waals surface area contributed by atoms with Crippen molar-refractivity contribution < 1.29 is 27.4 Å². The first kappa shape index (κ1) is 28.9. The van der Waals surface area contributed by atoms with Crippen LogP contribution in [0.2, 0.25) is 0 Å². The van der Waals surface area contributed by atoms with Crippen LogP contribution < -0.4 is 10.6 Å². The SMILES string of the molecule is COC(=O)N(C)[C@@H]1[C@H](N)CN(c2ccncc2Cc2ncc3ccc(-c4c(F)cc(C5(F)COC5)cc4F)nn23)C[C@@H]1C. The number of methoxy groups -OCH3 is 1. The molecule has 4 aromatic rings. The topological polar surface area (TPSA) is 111 Å². The number of benzene rings is 1. The molecule has 2 aliphatic rings. The number of piperidine rings is 1. The number of imidazole rings is 1. The van der Waals surface area contributed by atoms with Gasteiger partial charge in [0.15, 0.2) is 5.67 Å². The Labute approximate surface area is 246 Å². The number of nitrogens with two attached hydrogens (primary N) is 1. The first-order chi connectivity index (χ1) is 20.6. The molecular formula is C30H32F3N7O3. The highest BCUT2D eigenvalue weighted by Gasteiger charge is 2.42. The van der Waals surface area contributed by atoms with Crippen LogP contribution in [-0.4, -0.2) is 83.1 Å². The van der Waals surface area contributed by atoms with Gasteiger partial charge in [-0.25, -0.2) is 27.5 Å². The highest BCUT2D eigenvalue weighted by atomic mass is 19.1. The zero-order valence-electron chi connectivity index (χ0n) is 24.0. The van der Waals surface area contributed by atoms with Crippen LogP contribution in [-0.2, 0) is 21.6 Å². The Hall–Kier alpha value is -4.23. The third-order valence-corrected chi connectivity index (χ3v) is 8.37. The van der Waals surface area contributed by atoms with E-state index in [0.29, 0.717) is 30.9 Å². The van der Waals surface area contributed by atoms with Crippen molar-refractivity contribution in [3.05, 3.63) is 77.5 Å². The minimum atomic E-state index is -1.90. The number of hydrogen-bond donors (Lipinski definition) is 1. The molecule has 226 valence electrons. The summed E-state index contributed by atoms with van der Waals surface area (Å²) < 4.78 is 56.4. The van der Waals surface area contributed by atoms with Crippen molar-refractivity contribution >= 4 is 17.3 Å². The van der Waals surface area contributed by atoms with E-state index in [4.69, 9.17) is 15.2 Å². The summed E-state index contributed by atoms with van der Waals surface area (Å²) in [6.07, 6.45) is 4.98. The van der Waals surface area contributed by atoms with E-state index in [0.717, 1.165) is 23.4 Å². The maximum atomic E-state index is 15.2. The lowest BCUT2D eigenvalue weighted by Crippen LogP contribution is -2.62. The number of likely N-dealkylation sites (N-methyl/N-ethyl adjacent to an activating group) is 1. The van der Waals surface area contributed by atoms with E-state index >= 15 is 8.78 Å². The summed E-state index contributed by atoms with van der Waals surface area (Å²) in [7, 11) is 3.04. The van der Waals surface area contributed by atoms with Gasteiger partial charge in [0.2, 0.25) is 0 Å². The number of halogens is 3. The predicted molar refractivity (Wildman–Crippen MR) is 152 cm³/mol. The number of ether oxygens (including phenoxy) is 2. The second-order valence-corrected chi connectivity index (χ2v) is 11.3. The molecule has 3 aromatic heterocycles. The van der Waals surface area contributed by atoms with Gasteiger partial charge in [0.1, 0.15) is 17.5 Å². The van der Waals surface area contributed by atoms with Crippen LogP contribution in [0.3, 0.4) is 0 Å². The quantitative estimate of drug-likeness (QED) is 0.359. The molecule has 2 aliphatic heterocycles. The highest BCUT2D eigenvalue weighted by Crippen LogP contribution is 2.37. The number of anilines is 1. The fourth-order valence-corrected chi connectivity index (χ4v) is 6.19. The second kappa shape index (κ2) is 11.1. The lowest BCUT2D eigenvalue weighted by molar-refractivity contribution is -0.135. The summed E-state index contributed by atoms with van der Waals surface area (Å²) >= 11 is 0. The third-order valence-electron chi connectivity index (χ3n) is 8.37. The van der Waals surface area contributed by atoms with Gasteiger partial charge in [-0.05, 0) is 41.8 Å². The third kappa shape index (κ3) is 5.16. The monoisotopic (exact) mass is 595 g/mol. The number of carbonyl (C=O) groups is 1. The number of carbonyl (C=O) groups excluding carboxylic acids is 1. The predicted octanol–water partition coefficient (Wildman–Crippen LogP) is 3.71. The zero-order chi connectivity index (χ0) is 30.5. The van der Waals surface area contributed by atoms with Crippen LogP contribution in [0, 0.1) is 17.6 Å². The molecule has 10 nitrogen and oxygen atoms in total. The van der Waals surface area contributed by atoms with Crippen LogP contribution in [0.5, 0.6) is 0 Å². The molecule has 0 spiro atoms. The summed E-state index contributed by atoms with van der Waals surface area (Å²) in [6, 6.07) is 6.57. The number of nitrogens with zero attached hydrogens (tertiary/aromatic N) is 6. The maximum absolute atomic E-state index is 15.2. The van der Waals surface area contributed by atoms with Crippen molar-refractivity contribution in [3.63, 3.8) is 0 Å². The van der Waals surface area contributed by atoms with Gasteiger partial charge < -0.3 is 25.0 Å². The molecule has 1 aromatic carbocycles. The van der Waals surface area contributed by atoms with Crippen molar-refractivity contribution in [2.45, 2.75) is 31.1 Å². The van der Waals surface area contributed by atoms with Crippen LogP contribution in [0.4, 0.5) is 23.7 Å². The second-order valence-electron chi connectivity index (χ2n) is 11.3. The zero-order valence-corrected chi connectivity index (χ0v) is 24.0. The van der Waals surface area contributed by atoms with Crippen molar-refractivity contribution in [1.82, 2.24) is 24.5 Å². The van der Waals surface area contributed by atoms with Crippen LogP contribution in [0.1, 0.15) is 23.9 Å². The number of hydrogen-bond acceptors (Lipinski definition) is 8. The Kier molecular flexibility index (Phi) is 7.46. The maximum Gasteiger partial charge on any atom is 0.409 e. The van der Waals surface area contributed by atoms with Crippen LogP contribution >= 0.6 is 0 Å². The lowest BCUT2D eigenvalue weighted by Gasteiger charge is -2.45. The standard InChI is InChI=1S/C30H32F3N7O3/c1-17-13-39(14-23(34)28(17)38(2)29(41)42-3)25-6-7-35-11-18(25)8-26-36-12-20-4-5-24(37-40(20)26)27-21(31)9-19(10-22(27)32)30(33)15-43-16-30/h4-7,9-12,17,23,28H,8,13-16,34H2,1-3H3/t17-,23+,28-/m0/s1. The van der Waals surface area contributed by atoms with Crippen LogP contribution in [0.15, 0.2) is 48.9 Å². The first-order valence-corrected chi connectivity index (χ1v) is 13.9. The van der Waals surface area contributed by atoms with Gasteiger partial charge in [0.25, 0.3) is 0 Å². The van der Waals surface area contributed by atoms with Gasteiger partial charge in [0.05, 0.1) is 49.3 Å². The lowest BCUT2D eigenvalue weighted by atomic mass is 9.88. The normalized spacial score (nSPS) is 21.5. The van der Waals surface area contributed by atoms with Crippen molar-refractivity contribution in [1.29, 1.82) is 0 Å². The molecule has 13 heteroatoms. The minimum absolute atomic E-state index is 0.0469. The summed E-state index contributed by atoms with van der Waals surface area (Å²) in [5.74, 6) is -1.23. The fraction of sp³-hybridized carbons (Fsp3) is 0.400. The molecule has 0 unspecified atom stereocenters. The molecule has 2 fully saturated rings. The molecule has 0 saturated carbocycles. The van der Waals surface area contributed by atoms with Gasteiger partial charge >= 0.3 is 6.09 Å². The van der Waals surface area contributed by atoms with E-state index in [1.807, 2.05) is 13.0 Å². The molecule has 0 aliphatic carbocycles. The molecule has 2 saturated heterocycles. The highest BCUT2D eigenvalue weighted by molar-refractivity contribution is 5.68. The van der Waals surface area contributed by atoms with Gasteiger partial charge in [-0.2, -0.15) is 5.10 Å². The summed E-state index contributed by atoms with van der Waals surface area (Å²) in [6.45, 7) is 2.71. The molecule has 5 heterocycles. The Bertz CT molecular complexity index is 1640. The number of aromatic nitrogens is 4. The van der Waals surface area contributed by atoms with Crippen LogP contribution in [0.25, 0.3) is 16.8 Å². The minimum Gasteiger partial charge on any atom is -0.453 e. The number of fused-ring (bicyclic) bond motifs is 1. The van der Waals surface area contributed by atoms with E-state index in [1.54, 1.807) is 41.1 Å². The van der Waals surface area contributed by atoms with E-state index < -0.39 is 23.4 Å². The van der Waals surface area contributed by atoms with Gasteiger partial charge in [0, 0.05) is 56.2 Å². The number of alkyl halides is 1. The van der Waals surface area contributed by atoms with E-state index in [1.165, 1.54) is 13.2 Å². The molecule has 0 bridgehead atoms. The molecule has 3 atom stereocenters. The summed E-state index contributed by atoms with van der Waals surface area (Å²) in [4.78, 5) is 24.7. The Morgan fingerprint density at radius 3 is 2.58 bits per heavy atom. The van der Waals surface area contributed by atoms with Gasteiger partial charge in [-0.1, -0.05) is 6.92 Å². The van der Waals surface area contributed by atoms with E-state index in [9.17, 15) is 9.18 Å². The number of rotatable bonds is 6. The summed E-state index contributed by atoms with van der Waals surface area (Å²) in [5, 5.41) is 4.52. The Morgan fingerprint density at radius 2 is 1.93 bits per heavy atom. The molecule has 2 N–H and O–H groups in total. The molecular weight excluding hydrogens is 563 g/mol. The van der Waals surface area contributed by atoms with E-state index in [-0.39, 0.29) is 48.0 Å². The number of pyridine rings is 1. The Balaban J connectivity index is 1.28. The largest absolute Gasteiger partial charge is 0.453 e. The van der Waals surface area contributed by atoms with Crippen molar-refractivity contribution in [2.24, 2.45) is 11.7 Å². The number of amides is 1. The first-order valence-electron chi connectivity index (χ1n) is 13.9. The summed E-state index contributed by atoms with van der Waals surface area (Å²) in [5.41, 5.74) is 6.69. The Morgan fingerprint density at radius 1 is 1.19 bits per heavy atom.